The van der Waals surface area contributed by atoms with Gasteiger partial charge in [-0.2, -0.15) is 13.2 Å². The van der Waals surface area contributed by atoms with Gasteiger partial charge in [0.25, 0.3) is 11.5 Å². The first-order chi connectivity index (χ1) is 18.0. The van der Waals surface area contributed by atoms with Crippen LogP contribution in [0.25, 0.3) is 0 Å². The number of amidine groups is 1. The third kappa shape index (κ3) is 6.23. The average molecular weight is 564 g/mol. The zero-order valence-electron chi connectivity index (χ0n) is 19.7. The van der Waals surface area contributed by atoms with E-state index in [2.05, 4.69) is 30.0 Å². The summed E-state index contributed by atoms with van der Waals surface area (Å²) in [6, 6.07) is 7.88. The van der Waals surface area contributed by atoms with Crippen LogP contribution in [0.15, 0.2) is 58.6 Å². The second-order valence-electron chi connectivity index (χ2n) is 8.11. The van der Waals surface area contributed by atoms with E-state index in [9.17, 15) is 22.8 Å². The molecular formula is C24H21ClF3N7O2S. The second kappa shape index (κ2) is 11.1. The van der Waals surface area contributed by atoms with Gasteiger partial charge in [0.2, 0.25) is 0 Å². The highest BCUT2D eigenvalue weighted by Crippen LogP contribution is 2.36. The van der Waals surface area contributed by atoms with E-state index in [4.69, 9.17) is 17.3 Å². The number of aromatic amines is 2. The number of nitrogens with zero attached hydrogens (tertiary/aromatic N) is 2. The zero-order valence-corrected chi connectivity index (χ0v) is 21.3. The number of anilines is 3. The molecule has 6 N–H and O–H groups in total. The lowest BCUT2D eigenvalue weighted by atomic mass is 10.1. The molecule has 198 valence electrons. The molecule has 0 saturated heterocycles. The molecule has 2 aromatic heterocycles. The third-order valence-corrected chi connectivity index (χ3v) is 6.45. The summed E-state index contributed by atoms with van der Waals surface area (Å²) < 4.78 is 42.8. The lowest BCUT2D eigenvalue weighted by Crippen LogP contribution is -2.23. The van der Waals surface area contributed by atoms with E-state index in [0.29, 0.717) is 29.2 Å². The molecule has 9 nitrogen and oxygen atoms in total. The SMILES string of the molecule is Cc1ccc(NC(=O)c2ccc(Nc3s[nH]c(=O)c3C(N)=NCCc3ncc[nH]3)cc2Cl)c(C(F)(F)F)c1. The molecule has 0 aliphatic rings. The molecule has 4 rings (SSSR count). The van der Waals surface area contributed by atoms with Crippen LogP contribution in [-0.4, -0.2) is 32.6 Å². The second-order valence-corrected chi connectivity index (χ2v) is 9.33. The number of hydrogen-bond acceptors (Lipinski definition) is 6. The van der Waals surface area contributed by atoms with E-state index in [-0.39, 0.29) is 27.7 Å². The minimum absolute atomic E-state index is 0.0160. The molecule has 2 aromatic carbocycles. The summed E-state index contributed by atoms with van der Waals surface area (Å²) in [4.78, 5) is 36.4. The summed E-state index contributed by atoms with van der Waals surface area (Å²) in [5.74, 6) is -0.0482. The summed E-state index contributed by atoms with van der Waals surface area (Å²) in [5.41, 5.74) is 5.21. The monoisotopic (exact) mass is 563 g/mol. The van der Waals surface area contributed by atoms with Gasteiger partial charge in [-0.3, -0.25) is 19.0 Å². The predicted octanol–water partition coefficient (Wildman–Crippen LogP) is 5.08. The summed E-state index contributed by atoms with van der Waals surface area (Å²) in [6.07, 6.45) is -0.830. The van der Waals surface area contributed by atoms with Crippen molar-refractivity contribution in [1.82, 2.24) is 14.3 Å². The number of nitrogens with two attached hydrogens (primary N) is 1. The van der Waals surface area contributed by atoms with Gasteiger partial charge < -0.3 is 21.4 Å². The van der Waals surface area contributed by atoms with Gasteiger partial charge in [-0.05, 0) is 48.8 Å². The first-order valence-corrected chi connectivity index (χ1v) is 12.3. The Bertz CT molecular complexity index is 1550. The van der Waals surface area contributed by atoms with Gasteiger partial charge in [0.1, 0.15) is 22.2 Å². The molecule has 14 heteroatoms. The number of rotatable bonds is 8. The molecule has 0 spiro atoms. The maximum atomic E-state index is 13.4. The van der Waals surface area contributed by atoms with Gasteiger partial charge in [-0.25, -0.2) is 4.98 Å². The number of H-pyrrole nitrogens is 2. The number of aliphatic imine (C=N–C) groups is 1. The number of hydrogen-bond donors (Lipinski definition) is 5. The van der Waals surface area contributed by atoms with Crippen molar-refractivity contribution < 1.29 is 18.0 Å². The van der Waals surface area contributed by atoms with Gasteiger partial charge in [0.15, 0.2) is 0 Å². The smallest absolute Gasteiger partial charge is 0.383 e. The molecule has 0 fully saturated rings. The molecule has 1 amide bonds. The molecular weight excluding hydrogens is 543 g/mol. The molecule has 2 heterocycles. The van der Waals surface area contributed by atoms with Crippen molar-refractivity contribution >= 4 is 51.3 Å². The van der Waals surface area contributed by atoms with E-state index in [0.717, 1.165) is 23.4 Å². The number of halogens is 4. The predicted molar refractivity (Wildman–Crippen MR) is 142 cm³/mol. The molecule has 0 aliphatic heterocycles. The fourth-order valence-corrected chi connectivity index (χ4v) is 4.55. The van der Waals surface area contributed by atoms with Crippen LogP contribution in [0.5, 0.6) is 0 Å². The Balaban J connectivity index is 1.50. The van der Waals surface area contributed by atoms with E-state index >= 15 is 0 Å². The highest BCUT2D eigenvalue weighted by molar-refractivity contribution is 7.10. The Morgan fingerprint density at radius 1 is 1.24 bits per heavy atom. The molecule has 0 bridgehead atoms. The lowest BCUT2D eigenvalue weighted by Gasteiger charge is -2.15. The minimum Gasteiger partial charge on any atom is -0.383 e. The number of imidazole rings is 1. The minimum atomic E-state index is -4.65. The normalized spacial score (nSPS) is 12.0. The van der Waals surface area contributed by atoms with Gasteiger partial charge in [0, 0.05) is 31.0 Å². The number of aryl methyl sites for hydroxylation is 1. The van der Waals surface area contributed by atoms with Crippen LogP contribution in [0.3, 0.4) is 0 Å². The Kier molecular flexibility index (Phi) is 7.88. The molecule has 0 saturated carbocycles. The molecule has 0 radical (unpaired) electrons. The van der Waals surface area contributed by atoms with E-state index in [1.807, 2.05) is 0 Å². The first-order valence-electron chi connectivity index (χ1n) is 11.1. The Labute approximate surface area is 223 Å². The quantitative estimate of drug-likeness (QED) is 0.150. The highest BCUT2D eigenvalue weighted by Gasteiger charge is 2.34. The fourth-order valence-electron chi connectivity index (χ4n) is 3.52. The molecule has 4 aromatic rings. The Morgan fingerprint density at radius 3 is 2.71 bits per heavy atom. The standard InChI is InChI=1S/C24H21ClF3N7O2S/c1-12-2-5-17(15(10-12)24(26,27)28)34-21(36)14-4-3-13(11-16(14)25)33-23-19(22(37)35-38-23)20(29)32-7-6-18-30-8-9-31-18/h2-5,8-11,33H,6-7H2,1H3,(H2,29,32)(H,30,31)(H,34,36)(H,35,37). The van der Waals surface area contributed by atoms with Crippen molar-refractivity contribution in [2.24, 2.45) is 10.7 Å². The maximum absolute atomic E-state index is 13.4. The van der Waals surface area contributed by atoms with Crippen LogP contribution in [0.4, 0.5) is 29.5 Å². The molecule has 38 heavy (non-hydrogen) atoms. The van der Waals surface area contributed by atoms with Gasteiger partial charge in [-0.1, -0.05) is 23.2 Å². The van der Waals surface area contributed by atoms with E-state index in [1.54, 1.807) is 12.4 Å². The number of aromatic nitrogens is 3. The third-order valence-electron chi connectivity index (χ3n) is 5.34. The number of carbonyl (C=O) groups excluding carboxylic acids is 1. The Morgan fingerprint density at radius 2 is 2.03 bits per heavy atom. The van der Waals surface area contributed by atoms with E-state index in [1.165, 1.54) is 37.3 Å². The maximum Gasteiger partial charge on any atom is 0.418 e. The van der Waals surface area contributed by atoms with Crippen LogP contribution in [0.1, 0.15) is 32.9 Å². The van der Waals surface area contributed by atoms with E-state index < -0.39 is 23.2 Å². The van der Waals surface area contributed by atoms with Crippen LogP contribution in [0, 0.1) is 6.92 Å². The van der Waals surface area contributed by atoms with Crippen molar-refractivity contribution in [3.05, 3.63) is 92.2 Å². The first kappa shape index (κ1) is 26.9. The molecule has 0 atom stereocenters. The number of nitrogens with one attached hydrogen (secondary N) is 4. The van der Waals surface area contributed by atoms with Crippen LogP contribution in [-0.2, 0) is 12.6 Å². The van der Waals surface area contributed by atoms with Crippen molar-refractivity contribution in [2.45, 2.75) is 19.5 Å². The lowest BCUT2D eigenvalue weighted by molar-refractivity contribution is -0.136. The van der Waals surface area contributed by atoms with Gasteiger partial charge in [0.05, 0.1) is 21.8 Å². The summed E-state index contributed by atoms with van der Waals surface area (Å²) >= 11 is 7.29. The number of alkyl halides is 3. The van der Waals surface area contributed by atoms with Gasteiger partial charge >= 0.3 is 6.18 Å². The van der Waals surface area contributed by atoms with Crippen molar-refractivity contribution in [3.8, 4) is 0 Å². The van der Waals surface area contributed by atoms with Crippen LogP contribution >= 0.6 is 23.1 Å². The van der Waals surface area contributed by atoms with Gasteiger partial charge in [-0.15, -0.1) is 0 Å². The fraction of sp³-hybridized carbons (Fsp3) is 0.167. The largest absolute Gasteiger partial charge is 0.418 e. The number of benzene rings is 2. The number of amides is 1. The van der Waals surface area contributed by atoms with Crippen molar-refractivity contribution in [1.29, 1.82) is 0 Å². The zero-order chi connectivity index (χ0) is 27.4. The van der Waals surface area contributed by atoms with Crippen molar-refractivity contribution in [3.63, 3.8) is 0 Å². The summed E-state index contributed by atoms with van der Waals surface area (Å²) in [7, 11) is 0. The molecule has 0 aliphatic carbocycles. The Hall–Kier alpha value is -4.10. The average Bonchev–Trinajstić information content (AvgIpc) is 3.49. The van der Waals surface area contributed by atoms with Crippen LogP contribution < -0.4 is 21.9 Å². The van der Waals surface area contributed by atoms with Crippen LogP contribution in [0.2, 0.25) is 5.02 Å². The highest BCUT2D eigenvalue weighted by atomic mass is 35.5. The van der Waals surface area contributed by atoms with Crippen molar-refractivity contribution in [2.75, 3.05) is 17.2 Å². The molecule has 0 unspecified atom stereocenters. The number of carbonyl (C=O) groups is 1. The summed E-state index contributed by atoms with van der Waals surface area (Å²) in [5, 5.41) is 5.65. The summed E-state index contributed by atoms with van der Waals surface area (Å²) in [6.45, 7) is 1.83. The topological polar surface area (TPSA) is 141 Å².